The zero-order valence-electron chi connectivity index (χ0n) is 15.5. The van der Waals surface area contributed by atoms with Gasteiger partial charge in [0.05, 0.1) is 6.61 Å². The van der Waals surface area contributed by atoms with E-state index in [1.54, 1.807) is 11.8 Å². The van der Waals surface area contributed by atoms with Crippen LogP contribution in [0.2, 0.25) is 0 Å². The maximum Gasteiger partial charge on any atom is 0.409 e. The van der Waals surface area contributed by atoms with Crippen LogP contribution in [0.3, 0.4) is 0 Å². The fourth-order valence-corrected chi connectivity index (χ4v) is 3.43. The fourth-order valence-electron chi connectivity index (χ4n) is 3.43. The summed E-state index contributed by atoms with van der Waals surface area (Å²) < 4.78 is 5.02. The standard InChI is InChI=1S/C19H28N4O3/c1-2-26-19(25)23-14-12-22(13-15-23)18(24)21-10-8-20(9-11-21)16-17-6-4-3-5-7-17/h3-7H,2,8-16H2,1H3. The summed E-state index contributed by atoms with van der Waals surface area (Å²) in [5, 5.41) is 0. The summed E-state index contributed by atoms with van der Waals surface area (Å²) in [4.78, 5) is 32.3. The van der Waals surface area contributed by atoms with Crippen molar-refractivity contribution in [3.05, 3.63) is 35.9 Å². The smallest absolute Gasteiger partial charge is 0.409 e. The Bertz CT molecular complexity index is 594. The first-order valence-electron chi connectivity index (χ1n) is 9.39. The zero-order chi connectivity index (χ0) is 18.4. The van der Waals surface area contributed by atoms with E-state index in [0.29, 0.717) is 32.8 Å². The Morgan fingerprint density at radius 2 is 1.38 bits per heavy atom. The number of hydrogen-bond acceptors (Lipinski definition) is 4. The quantitative estimate of drug-likeness (QED) is 0.823. The van der Waals surface area contributed by atoms with Gasteiger partial charge in [0.1, 0.15) is 0 Å². The highest BCUT2D eigenvalue weighted by atomic mass is 16.6. The number of ether oxygens (including phenoxy) is 1. The molecule has 0 bridgehead atoms. The van der Waals surface area contributed by atoms with E-state index in [1.165, 1.54) is 5.56 Å². The molecule has 7 nitrogen and oxygen atoms in total. The van der Waals surface area contributed by atoms with Crippen molar-refractivity contribution in [3.63, 3.8) is 0 Å². The Hall–Kier alpha value is -2.28. The van der Waals surface area contributed by atoms with Gasteiger partial charge in [0.15, 0.2) is 0 Å². The molecule has 2 fully saturated rings. The van der Waals surface area contributed by atoms with Gasteiger partial charge < -0.3 is 19.4 Å². The van der Waals surface area contributed by atoms with Crippen molar-refractivity contribution in [1.82, 2.24) is 19.6 Å². The second kappa shape index (κ2) is 8.89. The SMILES string of the molecule is CCOC(=O)N1CCN(C(=O)N2CCN(Cc3ccccc3)CC2)CC1. The van der Waals surface area contributed by atoms with Crippen LogP contribution in [0.25, 0.3) is 0 Å². The highest BCUT2D eigenvalue weighted by Crippen LogP contribution is 2.12. The average molecular weight is 360 g/mol. The summed E-state index contributed by atoms with van der Waals surface area (Å²) >= 11 is 0. The third kappa shape index (κ3) is 4.66. The van der Waals surface area contributed by atoms with E-state index in [0.717, 1.165) is 32.7 Å². The van der Waals surface area contributed by atoms with Crippen LogP contribution in [-0.2, 0) is 11.3 Å². The van der Waals surface area contributed by atoms with Gasteiger partial charge in [-0.05, 0) is 12.5 Å². The van der Waals surface area contributed by atoms with Crippen LogP contribution < -0.4 is 0 Å². The van der Waals surface area contributed by atoms with Gasteiger partial charge in [0, 0.05) is 58.9 Å². The molecule has 0 atom stereocenters. The normalized spacial score (nSPS) is 18.7. The van der Waals surface area contributed by atoms with E-state index >= 15 is 0 Å². The summed E-state index contributed by atoms with van der Waals surface area (Å²) in [6, 6.07) is 10.5. The summed E-state index contributed by atoms with van der Waals surface area (Å²) in [5.41, 5.74) is 1.31. The van der Waals surface area contributed by atoms with Crippen LogP contribution >= 0.6 is 0 Å². The minimum absolute atomic E-state index is 0.0906. The van der Waals surface area contributed by atoms with Crippen molar-refractivity contribution in [2.45, 2.75) is 13.5 Å². The minimum Gasteiger partial charge on any atom is -0.450 e. The van der Waals surface area contributed by atoms with Gasteiger partial charge in [-0.3, -0.25) is 4.90 Å². The van der Waals surface area contributed by atoms with E-state index in [1.807, 2.05) is 15.9 Å². The van der Waals surface area contributed by atoms with Gasteiger partial charge in [-0.25, -0.2) is 9.59 Å². The largest absolute Gasteiger partial charge is 0.450 e. The molecule has 0 N–H and O–H groups in total. The second-order valence-electron chi connectivity index (χ2n) is 6.70. The highest BCUT2D eigenvalue weighted by Gasteiger charge is 2.29. The van der Waals surface area contributed by atoms with Crippen molar-refractivity contribution in [1.29, 1.82) is 0 Å². The fraction of sp³-hybridized carbons (Fsp3) is 0.579. The molecule has 2 heterocycles. The van der Waals surface area contributed by atoms with Gasteiger partial charge in [-0.1, -0.05) is 30.3 Å². The molecule has 142 valence electrons. The Morgan fingerprint density at radius 1 is 0.846 bits per heavy atom. The number of benzene rings is 1. The van der Waals surface area contributed by atoms with E-state index in [4.69, 9.17) is 4.74 Å². The van der Waals surface area contributed by atoms with Gasteiger partial charge in [-0.15, -0.1) is 0 Å². The molecular weight excluding hydrogens is 332 g/mol. The lowest BCUT2D eigenvalue weighted by Gasteiger charge is -2.40. The molecule has 3 amide bonds. The van der Waals surface area contributed by atoms with Gasteiger partial charge in [0.2, 0.25) is 0 Å². The third-order valence-electron chi connectivity index (χ3n) is 4.97. The van der Waals surface area contributed by atoms with Crippen LogP contribution in [0, 0.1) is 0 Å². The molecule has 0 aliphatic carbocycles. The molecular formula is C19H28N4O3. The summed E-state index contributed by atoms with van der Waals surface area (Å²) in [6.45, 7) is 8.63. The molecule has 3 rings (SSSR count). The number of nitrogens with zero attached hydrogens (tertiary/aromatic N) is 4. The molecule has 0 aromatic heterocycles. The van der Waals surface area contributed by atoms with E-state index in [2.05, 4.69) is 29.2 Å². The van der Waals surface area contributed by atoms with Crippen LogP contribution in [0.5, 0.6) is 0 Å². The van der Waals surface area contributed by atoms with Crippen molar-refractivity contribution in [2.24, 2.45) is 0 Å². The first-order valence-corrected chi connectivity index (χ1v) is 9.39. The molecule has 0 spiro atoms. The molecule has 2 aliphatic heterocycles. The lowest BCUT2D eigenvalue weighted by molar-refractivity contribution is 0.0710. The monoisotopic (exact) mass is 360 g/mol. The molecule has 1 aromatic carbocycles. The van der Waals surface area contributed by atoms with Crippen molar-refractivity contribution >= 4 is 12.1 Å². The Morgan fingerprint density at radius 3 is 1.96 bits per heavy atom. The predicted molar refractivity (Wildman–Crippen MR) is 98.9 cm³/mol. The molecule has 0 saturated carbocycles. The third-order valence-corrected chi connectivity index (χ3v) is 4.97. The number of amides is 3. The van der Waals surface area contributed by atoms with Gasteiger partial charge in [0.25, 0.3) is 0 Å². The number of rotatable bonds is 3. The highest BCUT2D eigenvalue weighted by molar-refractivity contribution is 5.75. The molecule has 2 saturated heterocycles. The first-order chi connectivity index (χ1) is 12.7. The lowest BCUT2D eigenvalue weighted by Crippen LogP contribution is -2.57. The van der Waals surface area contributed by atoms with E-state index in [-0.39, 0.29) is 12.1 Å². The molecule has 0 unspecified atom stereocenters. The molecule has 0 radical (unpaired) electrons. The number of urea groups is 1. The van der Waals surface area contributed by atoms with Crippen LogP contribution in [0.1, 0.15) is 12.5 Å². The topological polar surface area (TPSA) is 56.3 Å². The Labute approximate surface area is 155 Å². The maximum absolute atomic E-state index is 12.7. The second-order valence-corrected chi connectivity index (χ2v) is 6.70. The number of hydrogen-bond donors (Lipinski definition) is 0. The number of carbonyl (C=O) groups is 2. The number of piperazine rings is 2. The predicted octanol–water partition coefficient (Wildman–Crippen LogP) is 1.70. The average Bonchev–Trinajstić information content (AvgIpc) is 2.69. The maximum atomic E-state index is 12.7. The molecule has 7 heteroatoms. The lowest BCUT2D eigenvalue weighted by atomic mass is 10.2. The molecule has 2 aliphatic rings. The van der Waals surface area contributed by atoms with E-state index < -0.39 is 0 Å². The van der Waals surface area contributed by atoms with E-state index in [9.17, 15) is 9.59 Å². The van der Waals surface area contributed by atoms with Crippen molar-refractivity contribution < 1.29 is 14.3 Å². The summed E-state index contributed by atoms with van der Waals surface area (Å²) in [6.07, 6.45) is -0.283. The van der Waals surface area contributed by atoms with Gasteiger partial charge >= 0.3 is 12.1 Å². The minimum atomic E-state index is -0.283. The first kappa shape index (κ1) is 18.5. The summed E-state index contributed by atoms with van der Waals surface area (Å²) in [7, 11) is 0. The van der Waals surface area contributed by atoms with Crippen LogP contribution in [-0.4, -0.2) is 90.7 Å². The summed E-state index contributed by atoms with van der Waals surface area (Å²) in [5.74, 6) is 0. The molecule has 26 heavy (non-hydrogen) atoms. The van der Waals surface area contributed by atoms with Gasteiger partial charge in [-0.2, -0.15) is 0 Å². The van der Waals surface area contributed by atoms with Crippen LogP contribution in [0.15, 0.2) is 30.3 Å². The van der Waals surface area contributed by atoms with Crippen LogP contribution in [0.4, 0.5) is 9.59 Å². The number of carbonyl (C=O) groups excluding carboxylic acids is 2. The Kier molecular flexibility index (Phi) is 6.33. The van der Waals surface area contributed by atoms with Crippen molar-refractivity contribution in [3.8, 4) is 0 Å². The van der Waals surface area contributed by atoms with Crippen molar-refractivity contribution in [2.75, 3.05) is 59.0 Å². The molecule has 1 aromatic rings. The Balaban J connectivity index is 1.42. The zero-order valence-corrected chi connectivity index (χ0v) is 15.5.